The lowest BCUT2D eigenvalue weighted by molar-refractivity contribution is -0.0165. The van der Waals surface area contributed by atoms with Gasteiger partial charge in [0.2, 0.25) is 5.78 Å². The van der Waals surface area contributed by atoms with E-state index in [2.05, 4.69) is 21.9 Å². The van der Waals surface area contributed by atoms with Gasteiger partial charge in [-0.25, -0.2) is 0 Å². The van der Waals surface area contributed by atoms with E-state index in [1.165, 1.54) is 5.69 Å². The van der Waals surface area contributed by atoms with Crippen molar-refractivity contribution in [1.29, 1.82) is 0 Å². The first-order chi connectivity index (χ1) is 18.0. The van der Waals surface area contributed by atoms with E-state index in [0.717, 1.165) is 31.7 Å². The molecule has 1 saturated heterocycles. The quantitative estimate of drug-likeness (QED) is 0.478. The molecule has 8 heteroatoms. The van der Waals surface area contributed by atoms with E-state index in [1.807, 2.05) is 25.1 Å². The molecule has 1 fully saturated rings. The molecule has 0 aromatic heterocycles. The predicted octanol–water partition coefficient (Wildman–Crippen LogP) is 5.16. The molecular weight excluding hydrogens is 492 g/mol. The molecule has 7 nitrogen and oxygen atoms in total. The number of nitrogens with zero attached hydrogens (tertiary/aromatic N) is 2. The molecular formula is C29H27ClN2O5. The molecule has 6 rings (SSSR count). The van der Waals surface area contributed by atoms with Gasteiger partial charge in [-0.1, -0.05) is 29.8 Å². The van der Waals surface area contributed by atoms with Crippen LogP contribution >= 0.6 is 11.6 Å². The van der Waals surface area contributed by atoms with Crippen LogP contribution in [0, 0.1) is 6.92 Å². The minimum atomic E-state index is -0.219. The van der Waals surface area contributed by atoms with Gasteiger partial charge >= 0.3 is 0 Å². The summed E-state index contributed by atoms with van der Waals surface area (Å²) >= 11 is 6.31. The summed E-state index contributed by atoms with van der Waals surface area (Å²) in [6.07, 6.45) is 1.66. The minimum Gasteiger partial charge on any atom is -0.507 e. The molecule has 37 heavy (non-hydrogen) atoms. The van der Waals surface area contributed by atoms with Crippen LogP contribution in [-0.2, 0) is 17.9 Å². The molecule has 0 unspecified atom stereocenters. The molecule has 1 N–H and O–H groups in total. The van der Waals surface area contributed by atoms with Gasteiger partial charge in [-0.2, -0.15) is 0 Å². The molecule has 0 atom stereocenters. The van der Waals surface area contributed by atoms with Crippen LogP contribution in [0.1, 0.15) is 32.6 Å². The Bertz CT molecular complexity index is 1400. The second-order valence-corrected chi connectivity index (χ2v) is 9.96. The maximum atomic E-state index is 13.4. The number of halogens is 1. The molecule has 3 aromatic carbocycles. The van der Waals surface area contributed by atoms with Gasteiger partial charge in [0, 0.05) is 54.6 Å². The average molecular weight is 519 g/mol. The van der Waals surface area contributed by atoms with Crippen molar-refractivity contribution in [3.8, 4) is 17.2 Å². The summed E-state index contributed by atoms with van der Waals surface area (Å²) in [5.74, 6) is 1.16. The van der Waals surface area contributed by atoms with Crippen molar-refractivity contribution in [2.45, 2.75) is 20.1 Å². The number of carbonyl (C=O) groups excluding carboxylic acids is 1. The van der Waals surface area contributed by atoms with Crippen molar-refractivity contribution in [2.24, 2.45) is 0 Å². The molecule has 3 aliphatic heterocycles. The third kappa shape index (κ3) is 4.55. The lowest BCUT2D eigenvalue weighted by atomic mass is 9.98. The SMILES string of the molecule is Cc1cc(O)c(CN2CCN(c3ccccc3)CC2)c2c1C(=O)/C(=C/c1cc(Cl)cc3c1OCOC3)O2. The molecule has 0 saturated carbocycles. The number of piperazine rings is 1. The number of aryl methyl sites for hydroxylation is 1. The number of para-hydroxylation sites is 1. The normalized spacial score (nSPS) is 18.4. The number of rotatable bonds is 4. The van der Waals surface area contributed by atoms with Crippen molar-refractivity contribution >= 4 is 29.1 Å². The van der Waals surface area contributed by atoms with Crippen LogP contribution in [-0.4, -0.2) is 48.8 Å². The van der Waals surface area contributed by atoms with Crippen molar-refractivity contribution in [1.82, 2.24) is 4.90 Å². The predicted molar refractivity (Wildman–Crippen MR) is 141 cm³/mol. The van der Waals surface area contributed by atoms with Crippen LogP contribution in [0.3, 0.4) is 0 Å². The molecule has 3 aromatic rings. The Balaban J connectivity index is 1.27. The fourth-order valence-corrected chi connectivity index (χ4v) is 5.47. The standard InChI is InChI=1S/C29H27ClN2O5/c1-18-11-24(33)23(15-31-7-9-32(10-8-31)22-5-3-2-4-6-22)29-26(18)27(34)25(37-29)14-19-12-21(30)13-20-16-35-17-36-28(19)20/h2-6,11-14,33H,7-10,15-17H2,1H3/b25-14-. The van der Waals surface area contributed by atoms with E-state index in [4.69, 9.17) is 25.8 Å². The van der Waals surface area contributed by atoms with E-state index in [-0.39, 0.29) is 24.1 Å². The molecule has 0 amide bonds. The number of fused-ring (bicyclic) bond motifs is 2. The summed E-state index contributed by atoms with van der Waals surface area (Å²) in [5, 5.41) is 11.4. The van der Waals surface area contributed by atoms with E-state index in [9.17, 15) is 9.90 Å². The highest BCUT2D eigenvalue weighted by molar-refractivity contribution is 6.31. The fraction of sp³-hybridized carbons (Fsp3) is 0.276. The Kier molecular flexibility index (Phi) is 6.28. The minimum absolute atomic E-state index is 0.133. The lowest BCUT2D eigenvalue weighted by Crippen LogP contribution is -2.46. The number of hydrogen-bond donors (Lipinski definition) is 1. The highest BCUT2D eigenvalue weighted by Gasteiger charge is 2.34. The number of carbonyl (C=O) groups is 1. The van der Waals surface area contributed by atoms with Crippen LogP contribution in [0.2, 0.25) is 5.02 Å². The van der Waals surface area contributed by atoms with Gasteiger partial charge in [-0.3, -0.25) is 9.69 Å². The maximum Gasteiger partial charge on any atom is 0.232 e. The highest BCUT2D eigenvalue weighted by Crippen LogP contribution is 2.43. The van der Waals surface area contributed by atoms with E-state index >= 15 is 0 Å². The number of allylic oxidation sites excluding steroid dienone is 1. The number of phenols is 1. The van der Waals surface area contributed by atoms with E-state index in [0.29, 0.717) is 51.9 Å². The summed E-state index contributed by atoms with van der Waals surface area (Å²) in [4.78, 5) is 18.1. The van der Waals surface area contributed by atoms with Crippen molar-refractivity contribution in [3.63, 3.8) is 0 Å². The molecule has 0 aliphatic carbocycles. The number of benzene rings is 3. The molecule has 190 valence electrons. The van der Waals surface area contributed by atoms with Crippen LogP contribution < -0.4 is 14.4 Å². The molecule has 0 spiro atoms. The highest BCUT2D eigenvalue weighted by atomic mass is 35.5. The van der Waals surface area contributed by atoms with Gasteiger partial charge in [-0.05, 0) is 48.9 Å². The zero-order valence-corrected chi connectivity index (χ0v) is 21.3. The van der Waals surface area contributed by atoms with Crippen molar-refractivity contribution < 1.29 is 24.1 Å². The summed E-state index contributed by atoms with van der Waals surface area (Å²) in [5.41, 5.74) is 4.48. The van der Waals surface area contributed by atoms with Gasteiger partial charge in [0.25, 0.3) is 0 Å². The Morgan fingerprint density at radius 2 is 1.84 bits per heavy atom. The summed E-state index contributed by atoms with van der Waals surface area (Å²) in [6, 6.07) is 15.6. The number of phenolic OH excluding ortho intramolecular Hbond substituents is 1. The monoisotopic (exact) mass is 518 g/mol. The molecule has 3 heterocycles. The van der Waals surface area contributed by atoms with E-state index < -0.39 is 0 Å². The van der Waals surface area contributed by atoms with Crippen LogP contribution in [0.5, 0.6) is 17.2 Å². The summed E-state index contributed by atoms with van der Waals surface area (Å²) in [7, 11) is 0. The van der Waals surface area contributed by atoms with Gasteiger partial charge < -0.3 is 24.2 Å². The third-order valence-electron chi connectivity index (χ3n) is 7.09. The number of Topliss-reactive ketones (excluding diaryl/α,β-unsaturated/α-hetero) is 1. The van der Waals surface area contributed by atoms with Crippen molar-refractivity contribution in [3.05, 3.63) is 87.1 Å². The average Bonchev–Trinajstić information content (AvgIpc) is 3.23. The summed E-state index contributed by atoms with van der Waals surface area (Å²) in [6.45, 7) is 6.26. The smallest absolute Gasteiger partial charge is 0.232 e. The van der Waals surface area contributed by atoms with Crippen LogP contribution in [0.4, 0.5) is 5.69 Å². The molecule has 0 bridgehead atoms. The number of hydrogen-bond acceptors (Lipinski definition) is 7. The van der Waals surface area contributed by atoms with Gasteiger partial charge in [0.15, 0.2) is 12.6 Å². The first-order valence-corrected chi connectivity index (χ1v) is 12.7. The molecule has 0 radical (unpaired) electrons. The number of ether oxygens (including phenoxy) is 3. The van der Waals surface area contributed by atoms with Gasteiger partial charge in [0.1, 0.15) is 17.2 Å². The maximum absolute atomic E-state index is 13.4. The topological polar surface area (TPSA) is 71.5 Å². The number of aromatic hydroxyl groups is 1. The Morgan fingerprint density at radius 3 is 2.62 bits per heavy atom. The van der Waals surface area contributed by atoms with Gasteiger partial charge in [0.05, 0.1) is 17.7 Å². The third-order valence-corrected chi connectivity index (χ3v) is 7.30. The lowest BCUT2D eigenvalue weighted by Gasteiger charge is -2.36. The second kappa shape index (κ2) is 9.74. The van der Waals surface area contributed by atoms with Crippen LogP contribution in [0.25, 0.3) is 6.08 Å². The van der Waals surface area contributed by atoms with E-state index in [1.54, 1.807) is 24.3 Å². The largest absolute Gasteiger partial charge is 0.507 e. The summed E-state index contributed by atoms with van der Waals surface area (Å²) < 4.78 is 17.2. The fourth-order valence-electron chi connectivity index (χ4n) is 5.22. The Labute approximate surface area is 220 Å². The van der Waals surface area contributed by atoms with Crippen molar-refractivity contribution in [2.75, 3.05) is 37.9 Å². The number of anilines is 1. The zero-order chi connectivity index (χ0) is 25.5. The Morgan fingerprint density at radius 1 is 1.05 bits per heavy atom. The van der Waals surface area contributed by atoms with Crippen LogP contribution in [0.15, 0.2) is 54.3 Å². The zero-order valence-electron chi connectivity index (χ0n) is 20.5. The van der Waals surface area contributed by atoms with Gasteiger partial charge in [-0.15, -0.1) is 0 Å². The first-order valence-electron chi connectivity index (χ1n) is 12.3. The second-order valence-electron chi connectivity index (χ2n) is 9.53. The molecule has 3 aliphatic rings. The number of ketones is 1. The first kappa shape index (κ1) is 23.9. The Hall–Kier alpha value is -3.52.